The fraction of sp³-hybridized carbons (Fsp3) is 0.200. The molecule has 1 aliphatic carbocycles. The van der Waals surface area contributed by atoms with Crippen LogP contribution in [0.3, 0.4) is 0 Å². The largest absolute Gasteiger partial charge is 0.436 e. The zero-order chi connectivity index (χ0) is 25.0. The predicted molar refractivity (Wildman–Crippen MR) is 137 cm³/mol. The molecule has 0 saturated carbocycles. The second-order valence-electron chi connectivity index (χ2n) is 8.95. The standard InChI is InChI=1S/C30H27NO5/c1-21(32)35-36-25-16-10-11-22(19-25)20-30(33)18-9-8-17-26(30)29-31-27(23-12-4-2-5-13-23)28(34-29)24-14-6-3-7-15-24/h2-7,10-17,19,33H,8-9,18,20H2,1H3. The number of rotatable bonds is 7. The van der Waals surface area contributed by atoms with Gasteiger partial charge < -0.3 is 9.52 Å². The number of nitrogens with zero attached hydrogens (tertiary/aromatic N) is 1. The minimum absolute atomic E-state index is 0.333. The molecule has 0 aliphatic heterocycles. The summed E-state index contributed by atoms with van der Waals surface area (Å²) in [6, 6.07) is 27.0. The van der Waals surface area contributed by atoms with Gasteiger partial charge in [-0.05, 0) is 37.0 Å². The number of oxazole rings is 1. The van der Waals surface area contributed by atoms with Crippen LogP contribution in [0.1, 0.15) is 37.6 Å². The minimum Gasteiger partial charge on any atom is -0.436 e. The molecule has 5 rings (SSSR count). The van der Waals surface area contributed by atoms with Gasteiger partial charge in [-0.25, -0.2) is 9.78 Å². The van der Waals surface area contributed by atoms with Crippen LogP contribution in [-0.4, -0.2) is 21.7 Å². The van der Waals surface area contributed by atoms with E-state index < -0.39 is 11.6 Å². The fourth-order valence-electron chi connectivity index (χ4n) is 4.60. The zero-order valence-electron chi connectivity index (χ0n) is 20.0. The van der Waals surface area contributed by atoms with Crippen molar-refractivity contribution in [2.75, 3.05) is 0 Å². The first-order valence-electron chi connectivity index (χ1n) is 12.0. The van der Waals surface area contributed by atoms with E-state index in [-0.39, 0.29) is 0 Å². The summed E-state index contributed by atoms with van der Waals surface area (Å²) in [6.07, 6.45) is 4.61. The van der Waals surface area contributed by atoms with Crippen LogP contribution in [0, 0.1) is 0 Å². The molecule has 1 N–H and O–H groups in total. The van der Waals surface area contributed by atoms with E-state index in [1.807, 2.05) is 72.8 Å². The summed E-state index contributed by atoms with van der Waals surface area (Å²) in [7, 11) is 0. The van der Waals surface area contributed by atoms with Crippen LogP contribution in [0.15, 0.2) is 95.4 Å². The summed E-state index contributed by atoms with van der Waals surface area (Å²) in [5.41, 5.74) is 2.95. The second kappa shape index (κ2) is 10.2. The van der Waals surface area contributed by atoms with E-state index in [1.165, 1.54) is 6.92 Å². The zero-order valence-corrected chi connectivity index (χ0v) is 20.0. The quantitative estimate of drug-likeness (QED) is 0.243. The van der Waals surface area contributed by atoms with E-state index >= 15 is 0 Å². The highest BCUT2D eigenvalue weighted by atomic mass is 17.2. The topological polar surface area (TPSA) is 81.8 Å². The lowest BCUT2D eigenvalue weighted by atomic mass is 9.78. The van der Waals surface area contributed by atoms with Crippen LogP contribution >= 0.6 is 0 Å². The molecule has 4 aromatic rings. The maximum Gasteiger partial charge on any atom is 0.352 e. The van der Waals surface area contributed by atoms with Crippen molar-refractivity contribution >= 4 is 11.5 Å². The monoisotopic (exact) mass is 481 g/mol. The summed E-state index contributed by atoms with van der Waals surface area (Å²) in [5, 5.41) is 11.9. The van der Waals surface area contributed by atoms with Gasteiger partial charge in [-0.1, -0.05) is 78.9 Å². The first-order valence-corrected chi connectivity index (χ1v) is 12.0. The summed E-state index contributed by atoms with van der Waals surface area (Å²) in [6.45, 7) is 1.27. The van der Waals surface area contributed by atoms with Gasteiger partial charge in [-0.3, -0.25) is 9.78 Å². The fourth-order valence-corrected chi connectivity index (χ4v) is 4.60. The molecule has 0 fully saturated rings. The third-order valence-corrected chi connectivity index (χ3v) is 6.24. The molecule has 1 atom stereocenters. The van der Waals surface area contributed by atoms with E-state index in [2.05, 4.69) is 4.89 Å². The molecule has 36 heavy (non-hydrogen) atoms. The number of allylic oxidation sites excluding steroid dienone is 1. The molecule has 0 spiro atoms. The third kappa shape index (κ3) is 5.09. The van der Waals surface area contributed by atoms with Gasteiger partial charge in [0.2, 0.25) is 5.89 Å². The van der Waals surface area contributed by atoms with Crippen molar-refractivity contribution in [2.24, 2.45) is 0 Å². The Hall–Kier alpha value is -4.16. The number of benzene rings is 3. The number of carbonyl (C=O) groups is 1. The molecule has 1 heterocycles. The van der Waals surface area contributed by atoms with E-state index in [1.54, 1.807) is 18.2 Å². The number of hydrogen-bond acceptors (Lipinski definition) is 6. The van der Waals surface area contributed by atoms with Crippen molar-refractivity contribution in [3.63, 3.8) is 0 Å². The van der Waals surface area contributed by atoms with Crippen LogP contribution in [-0.2, 0) is 16.1 Å². The Bertz CT molecular complexity index is 1320. The number of hydrogen-bond donors (Lipinski definition) is 1. The minimum atomic E-state index is -1.18. The Morgan fingerprint density at radius 3 is 2.44 bits per heavy atom. The molecule has 3 aromatic carbocycles. The van der Waals surface area contributed by atoms with E-state index in [0.29, 0.717) is 35.8 Å². The molecular formula is C30H27NO5. The summed E-state index contributed by atoms with van der Waals surface area (Å²) in [5.74, 6) is 0.940. The summed E-state index contributed by atoms with van der Waals surface area (Å²) < 4.78 is 6.39. The van der Waals surface area contributed by atoms with Gasteiger partial charge in [0.05, 0.1) is 5.60 Å². The lowest BCUT2D eigenvalue weighted by Crippen LogP contribution is -2.35. The summed E-state index contributed by atoms with van der Waals surface area (Å²) >= 11 is 0. The predicted octanol–water partition coefficient (Wildman–Crippen LogP) is 6.41. The van der Waals surface area contributed by atoms with E-state index in [4.69, 9.17) is 14.3 Å². The smallest absolute Gasteiger partial charge is 0.352 e. The van der Waals surface area contributed by atoms with Gasteiger partial charge in [-0.2, -0.15) is 0 Å². The van der Waals surface area contributed by atoms with Crippen LogP contribution in [0.2, 0.25) is 0 Å². The van der Waals surface area contributed by atoms with Crippen molar-refractivity contribution in [1.29, 1.82) is 0 Å². The van der Waals surface area contributed by atoms with Crippen LogP contribution in [0.25, 0.3) is 28.2 Å². The Morgan fingerprint density at radius 2 is 1.72 bits per heavy atom. The Labute approximate surface area is 209 Å². The van der Waals surface area contributed by atoms with E-state index in [9.17, 15) is 9.90 Å². The maximum absolute atomic E-state index is 11.9. The third-order valence-electron chi connectivity index (χ3n) is 6.24. The highest BCUT2D eigenvalue weighted by molar-refractivity contribution is 5.80. The molecule has 6 nitrogen and oxygen atoms in total. The molecule has 1 aliphatic rings. The highest BCUT2D eigenvalue weighted by Crippen LogP contribution is 2.42. The molecule has 0 amide bonds. The van der Waals surface area contributed by atoms with Crippen LogP contribution in [0.4, 0.5) is 0 Å². The van der Waals surface area contributed by atoms with Crippen LogP contribution in [0.5, 0.6) is 5.75 Å². The molecular weight excluding hydrogens is 454 g/mol. The van der Waals surface area contributed by atoms with Crippen molar-refractivity contribution in [2.45, 2.75) is 38.2 Å². The molecule has 182 valence electrons. The Balaban J connectivity index is 1.51. The molecule has 1 aromatic heterocycles. The van der Waals surface area contributed by atoms with Gasteiger partial charge in [0.25, 0.3) is 0 Å². The molecule has 1 unspecified atom stereocenters. The average Bonchev–Trinajstić information content (AvgIpc) is 3.34. The first kappa shape index (κ1) is 23.6. The lowest BCUT2D eigenvalue weighted by Gasteiger charge is -2.32. The first-order chi connectivity index (χ1) is 17.5. The second-order valence-corrected chi connectivity index (χ2v) is 8.95. The molecule has 0 radical (unpaired) electrons. The Kier molecular flexibility index (Phi) is 6.69. The van der Waals surface area contributed by atoms with Crippen LogP contribution < -0.4 is 4.89 Å². The number of aromatic nitrogens is 1. The average molecular weight is 482 g/mol. The van der Waals surface area contributed by atoms with Gasteiger partial charge in [0.15, 0.2) is 11.5 Å². The number of aliphatic hydroxyl groups is 1. The maximum atomic E-state index is 11.9. The van der Waals surface area contributed by atoms with Gasteiger partial charge in [0.1, 0.15) is 5.69 Å². The number of carbonyl (C=O) groups excluding carboxylic acids is 1. The van der Waals surface area contributed by atoms with Crippen molar-refractivity contribution in [3.05, 3.63) is 102 Å². The van der Waals surface area contributed by atoms with Crippen molar-refractivity contribution < 1.29 is 24.1 Å². The van der Waals surface area contributed by atoms with Crippen molar-refractivity contribution in [1.82, 2.24) is 4.98 Å². The highest BCUT2D eigenvalue weighted by Gasteiger charge is 2.38. The lowest BCUT2D eigenvalue weighted by molar-refractivity contribution is -0.210. The normalized spacial score (nSPS) is 17.3. The molecule has 0 saturated heterocycles. The van der Waals surface area contributed by atoms with E-state index in [0.717, 1.165) is 35.2 Å². The Morgan fingerprint density at radius 1 is 1.00 bits per heavy atom. The van der Waals surface area contributed by atoms with Gasteiger partial charge >= 0.3 is 5.97 Å². The molecule has 0 bridgehead atoms. The van der Waals surface area contributed by atoms with Gasteiger partial charge in [0, 0.05) is 30.0 Å². The van der Waals surface area contributed by atoms with Crippen molar-refractivity contribution in [3.8, 4) is 28.3 Å². The summed E-state index contributed by atoms with van der Waals surface area (Å²) in [4.78, 5) is 25.7. The SMILES string of the molecule is CC(=O)OOc1cccc(CC2(O)CCCC=C2c2nc(-c3ccccc3)c(-c3ccccc3)o2)c1. The molecule has 6 heteroatoms. The van der Waals surface area contributed by atoms with Gasteiger partial charge in [-0.15, -0.1) is 0 Å².